The highest BCUT2D eigenvalue weighted by Crippen LogP contribution is 2.27. The zero-order valence-electron chi connectivity index (χ0n) is 10.6. The van der Waals surface area contributed by atoms with E-state index in [2.05, 4.69) is 47.6 Å². The Morgan fingerprint density at radius 2 is 2.00 bits per heavy atom. The van der Waals surface area contributed by atoms with Gasteiger partial charge >= 0.3 is 0 Å². The van der Waals surface area contributed by atoms with Crippen LogP contribution in [0.5, 0.6) is 0 Å². The number of nitrogens with one attached hydrogen (secondary N) is 2. The van der Waals surface area contributed by atoms with Crippen molar-refractivity contribution in [2.75, 3.05) is 10.7 Å². The number of anilines is 2. The molecule has 0 radical (unpaired) electrons. The van der Waals surface area contributed by atoms with Gasteiger partial charge in [0.15, 0.2) is 0 Å². The smallest absolute Gasteiger partial charge is 0.259 e. The summed E-state index contributed by atoms with van der Waals surface area (Å²) in [6, 6.07) is 7.20. The van der Waals surface area contributed by atoms with Crippen molar-refractivity contribution in [3.63, 3.8) is 0 Å². The van der Waals surface area contributed by atoms with Gasteiger partial charge in [-0.15, -0.1) is 0 Å². The summed E-state index contributed by atoms with van der Waals surface area (Å²) >= 11 is 6.75. The molecule has 0 aliphatic carbocycles. The summed E-state index contributed by atoms with van der Waals surface area (Å²) in [6.07, 6.45) is 1.49. The summed E-state index contributed by atoms with van der Waals surface area (Å²) in [5.74, 6) is 5.14. The van der Waals surface area contributed by atoms with Crippen molar-refractivity contribution in [1.82, 2.24) is 4.98 Å². The monoisotopic (exact) mass is 398 g/mol. The molecule has 2 aromatic rings. The molecule has 5 nitrogen and oxygen atoms in total. The maximum absolute atomic E-state index is 12.3. The third-order valence-corrected chi connectivity index (χ3v) is 3.77. The van der Waals surface area contributed by atoms with Crippen molar-refractivity contribution < 1.29 is 4.79 Å². The Balaban J connectivity index is 2.28. The minimum absolute atomic E-state index is 0.284. The first-order chi connectivity index (χ1) is 9.51. The molecule has 1 aromatic heterocycles. The molecule has 2 rings (SSSR count). The molecule has 0 unspecified atom stereocenters. The average Bonchev–Trinajstić information content (AvgIpc) is 2.41. The van der Waals surface area contributed by atoms with E-state index < -0.39 is 0 Å². The Kier molecular flexibility index (Phi) is 4.74. The normalized spacial score (nSPS) is 10.2. The molecule has 0 aliphatic rings. The number of aryl methyl sites for hydroxylation is 1. The maximum Gasteiger partial charge on any atom is 0.259 e. The number of halogens is 2. The predicted octanol–water partition coefficient (Wildman–Crippen LogP) is 3.45. The number of nitrogens with two attached hydrogens (primary N) is 1. The Labute approximate surface area is 133 Å². The SMILES string of the molecule is Cc1cc(NN)c(C(=O)Nc2ccc(Br)cc2Br)cn1. The molecule has 1 heterocycles. The molecule has 0 bridgehead atoms. The van der Waals surface area contributed by atoms with Gasteiger partial charge in [-0.1, -0.05) is 15.9 Å². The number of pyridine rings is 1. The third-order valence-electron chi connectivity index (χ3n) is 2.62. The van der Waals surface area contributed by atoms with Gasteiger partial charge in [0.1, 0.15) is 0 Å². The average molecular weight is 400 g/mol. The second kappa shape index (κ2) is 6.34. The van der Waals surface area contributed by atoms with Crippen LogP contribution in [0.4, 0.5) is 11.4 Å². The van der Waals surface area contributed by atoms with E-state index in [-0.39, 0.29) is 5.91 Å². The first-order valence-electron chi connectivity index (χ1n) is 5.71. The lowest BCUT2D eigenvalue weighted by Gasteiger charge is -2.11. The molecular weight excluding hydrogens is 388 g/mol. The molecule has 0 saturated carbocycles. The van der Waals surface area contributed by atoms with E-state index in [9.17, 15) is 4.79 Å². The van der Waals surface area contributed by atoms with Crippen LogP contribution >= 0.6 is 31.9 Å². The number of benzene rings is 1. The van der Waals surface area contributed by atoms with E-state index in [0.717, 1.165) is 14.6 Å². The van der Waals surface area contributed by atoms with Crippen LogP contribution in [-0.4, -0.2) is 10.9 Å². The molecule has 0 aliphatic heterocycles. The van der Waals surface area contributed by atoms with Gasteiger partial charge in [0, 0.05) is 20.8 Å². The van der Waals surface area contributed by atoms with Gasteiger partial charge in [-0.05, 0) is 47.1 Å². The lowest BCUT2D eigenvalue weighted by atomic mass is 10.2. The summed E-state index contributed by atoms with van der Waals surface area (Å²) < 4.78 is 1.70. The Morgan fingerprint density at radius 1 is 1.25 bits per heavy atom. The van der Waals surface area contributed by atoms with Crippen molar-refractivity contribution in [2.24, 2.45) is 5.84 Å². The zero-order chi connectivity index (χ0) is 14.7. The van der Waals surface area contributed by atoms with Gasteiger partial charge < -0.3 is 10.7 Å². The van der Waals surface area contributed by atoms with Gasteiger partial charge in [-0.2, -0.15) is 0 Å². The molecule has 4 N–H and O–H groups in total. The van der Waals surface area contributed by atoms with Gasteiger partial charge in [0.2, 0.25) is 0 Å². The number of carbonyl (C=O) groups is 1. The van der Waals surface area contributed by atoms with Crippen LogP contribution in [0.2, 0.25) is 0 Å². The largest absolute Gasteiger partial charge is 0.323 e. The summed E-state index contributed by atoms with van der Waals surface area (Å²) in [5.41, 5.74) is 4.87. The molecule has 0 atom stereocenters. The fraction of sp³-hybridized carbons (Fsp3) is 0.0769. The van der Waals surface area contributed by atoms with Crippen LogP contribution in [0.1, 0.15) is 16.1 Å². The molecule has 1 aromatic carbocycles. The van der Waals surface area contributed by atoms with Crippen molar-refractivity contribution in [3.05, 3.63) is 50.7 Å². The fourth-order valence-electron chi connectivity index (χ4n) is 1.64. The summed E-state index contributed by atoms with van der Waals surface area (Å²) in [7, 11) is 0. The molecule has 7 heteroatoms. The molecule has 1 amide bonds. The Hall–Kier alpha value is -1.44. The quantitative estimate of drug-likeness (QED) is 0.545. The number of hydrazine groups is 1. The van der Waals surface area contributed by atoms with Crippen molar-refractivity contribution in [3.8, 4) is 0 Å². The van der Waals surface area contributed by atoms with E-state index in [1.165, 1.54) is 6.20 Å². The van der Waals surface area contributed by atoms with Crippen molar-refractivity contribution in [1.29, 1.82) is 0 Å². The lowest BCUT2D eigenvalue weighted by Crippen LogP contribution is -2.18. The number of nitrogens with zero attached hydrogens (tertiary/aromatic N) is 1. The second-order valence-corrected chi connectivity index (χ2v) is 5.86. The number of aromatic nitrogens is 1. The predicted molar refractivity (Wildman–Crippen MR) is 86.6 cm³/mol. The Bertz CT molecular complexity index is 661. The highest BCUT2D eigenvalue weighted by atomic mass is 79.9. The number of amides is 1. The van der Waals surface area contributed by atoms with Crippen LogP contribution in [0, 0.1) is 6.92 Å². The van der Waals surface area contributed by atoms with E-state index in [1.807, 2.05) is 19.1 Å². The molecule has 20 heavy (non-hydrogen) atoms. The highest BCUT2D eigenvalue weighted by molar-refractivity contribution is 9.11. The standard InChI is InChI=1S/C13H12Br2N4O/c1-7-4-12(19-16)9(6-17-7)13(20)18-11-3-2-8(14)5-10(11)15/h2-6H,16H2,1H3,(H,17,19)(H,18,20). The van der Waals surface area contributed by atoms with Crippen LogP contribution < -0.4 is 16.6 Å². The van der Waals surface area contributed by atoms with Crippen molar-refractivity contribution >= 4 is 49.1 Å². The minimum Gasteiger partial charge on any atom is -0.323 e. The minimum atomic E-state index is -0.284. The van der Waals surface area contributed by atoms with E-state index in [0.29, 0.717) is 16.9 Å². The van der Waals surface area contributed by atoms with E-state index in [1.54, 1.807) is 12.1 Å². The zero-order valence-corrected chi connectivity index (χ0v) is 13.7. The van der Waals surface area contributed by atoms with E-state index >= 15 is 0 Å². The fourth-order valence-corrected chi connectivity index (χ4v) is 2.79. The van der Waals surface area contributed by atoms with Crippen LogP contribution in [-0.2, 0) is 0 Å². The first kappa shape index (κ1) is 15.0. The van der Waals surface area contributed by atoms with E-state index in [4.69, 9.17) is 5.84 Å². The summed E-state index contributed by atoms with van der Waals surface area (Å²) in [4.78, 5) is 16.4. The maximum atomic E-state index is 12.3. The second-order valence-electron chi connectivity index (χ2n) is 4.09. The number of nitrogen functional groups attached to an aromatic ring is 1. The summed E-state index contributed by atoms with van der Waals surface area (Å²) in [5, 5.41) is 2.81. The van der Waals surface area contributed by atoms with Crippen LogP contribution in [0.3, 0.4) is 0 Å². The van der Waals surface area contributed by atoms with Crippen LogP contribution in [0.15, 0.2) is 39.4 Å². The van der Waals surface area contributed by atoms with Gasteiger partial charge in [-0.25, -0.2) is 0 Å². The first-order valence-corrected chi connectivity index (χ1v) is 7.29. The Morgan fingerprint density at radius 3 is 2.65 bits per heavy atom. The van der Waals surface area contributed by atoms with Gasteiger partial charge in [0.05, 0.1) is 16.9 Å². The lowest BCUT2D eigenvalue weighted by molar-refractivity contribution is 0.102. The topological polar surface area (TPSA) is 80.0 Å². The summed E-state index contributed by atoms with van der Waals surface area (Å²) in [6.45, 7) is 1.83. The molecular formula is C13H12Br2N4O. The van der Waals surface area contributed by atoms with Gasteiger partial charge in [0.25, 0.3) is 5.91 Å². The van der Waals surface area contributed by atoms with Crippen molar-refractivity contribution in [2.45, 2.75) is 6.92 Å². The molecule has 104 valence electrons. The molecule has 0 saturated heterocycles. The number of rotatable bonds is 3. The number of hydrogen-bond donors (Lipinski definition) is 3. The molecule has 0 fully saturated rings. The van der Waals surface area contributed by atoms with Gasteiger partial charge in [-0.3, -0.25) is 15.6 Å². The number of hydrogen-bond acceptors (Lipinski definition) is 4. The highest BCUT2D eigenvalue weighted by Gasteiger charge is 2.13. The third kappa shape index (κ3) is 3.36. The van der Waals surface area contributed by atoms with Crippen LogP contribution in [0.25, 0.3) is 0 Å². The number of carbonyl (C=O) groups excluding carboxylic acids is 1. The molecule has 0 spiro atoms.